The molecule has 0 aliphatic heterocycles. The van der Waals surface area contributed by atoms with Crippen LogP contribution in [0, 0.1) is 3.57 Å². The molecule has 0 bridgehead atoms. The fourth-order valence-corrected chi connectivity index (χ4v) is 3.50. The van der Waals surface area contributed by atoms with Crippen LogP contribution in [-0.2, 0) is 0 Å². The van der Waals surface area contributed by atoms with Crippen molar-refractivity contribution in [2.75, 3.05) is 13.7 Å². The maximum absolute atomic E-state index is 12.3. The summed E-state index contributed by atoms with van der Waals surface area (Å²) in [5.74, 6) is 0.619. The third kappa shape index (κ3) is 8.33. The summed E-state index contributed by atoms with van der Waals surface area (Å²) in [7, 11) is 1.56. The predicted molar refractivity (Wildman–Crippen MR) is 132 cm³/mol. The van der Waals surface area contributed by atoms with Crippen molar-refractivity contribution >= 4 is 51.7 Å². The zero-order valence-electron chi connectivity index (χ0n) is 17.5. The number of carbonyl (C=O) groups is 2. The Labute approximate surface area is 201 Å². The number of unbranched alkanes of at least 4 members (excludes halogenated alkanes) is 3. The van der Waals surface area contributed by atoms with Crippen molar-refractivity contribution in [1.82, 2.24) is 16.2 Å². The van der Waals surface area contributed by atoms with Gasteiger partial charge >= 0.3 is 0 Å². The van der Waals surface area contributed by atoms with Gasteiger partial charge in [-0.05, 0) is 83.7 Å². The normalized spacial score (nSPS) is 10.2. The van der Waals surface area contributed by atoms with Gasteiger partial charge in [-0.3, -0.25) is 25.8 Å². The number of hydrogen-bond acceptors (Lipinski definition) is 5. The van der Waals surface area contributed by atoms with Gasteiger partial charge in [0.15, 0.2) is 5.11 Å². The van der Waals surface area contributed by atoms with Gasteiger partial charge in [0.2, 0.25) is 0 Å². The molecule has 0 aliphatic rings. The highest BCUT2D eigenvalue weighted by molar-refractivity contribution is 14.1. The topological polar surface area (TPSA) is 88.7 Å². The maximum Gasteiger partial charge on any atom is 0.269 e. The zero-order valence-corrected chi connectivity index (χ0v) is 20.5. The summed E-state index contributed by atoms with van der Waals surface area (Å²) in [6.45, 7) is 2.83. The second-order valence-electron chi connectivity index (χ2n) is 6.65. The lowest BCUT2D eigenvalue weighted by Crippen LogP contribution is -2.48. The van der Waals surface area contributed by atoms with Crippen LogP contribution in [0.3, 0.4) is 0 Å². The molecule has 0 atom stereocenters. The van der Waals surface area contributed by atoms with E-state index in [-0.39, 0.29) is 11.0 Å². The molecule has 0 aliphatic carbocycles. The molecule has 0 saturated carbocycles. The SMILES string of the molecule is CCCCCCOc1ccc(C(=O)NC(=S)NNC(=O)c2ccc(OC)c(I)c2)cc1. The number of ether oxygens (including phenoxy) is 2. The molecule has 31 heavy (non-hydrogen) atoms. The van der Waals surface area contributed by atoms with E-state index in [1.807, 2.05) is 0 Å². The van der Waals surface area contributed by atoms with Crippen LogP contribution in [0.5, 0.6) is 11.5 Å². The van der Waals surface area contributed by atoms with E-state index in [0.717, 1.165) is 22.2 Å². The van der Waals surface area contributed by atoms with Crippen LogP contribution in [0.1, 0.15) is 53.3 Å². The number of halogens is 1. The van der Waals surface area contributed by atoms with Crippen LogP contribution in [0.4, 0.5) is 0 Å². The fraction of sp³-hybridized carbons (Fsp3) is 0.318. The van der Waals surface area contributed by atoms with E-state index in [1.165, 1.54) is 12.8 Å². The Morgan fingerprint density at radius 2 is 1.68 bits per heavy atom. The van der Waals surface area contributed by atoms with E-state index in [2.05, 4.69) is 45.7 Å². The van der Waals surface area contributed by atoms with Gasteiger partial charge in [-0.2, -0.15) is 0 Å². The molecule has 2 aromatic rings. The highest BCUT2D eigenvalue weighted by Gasteiger charge is 2.11. The third-order valence-corrected chi connectivity index (χ3v) is 5.36. The van der Waals surface area contributed by atoms with Crippen molar-refractivity contribution in [2.24, 2.45) is 0 Å². The van der Waals surface area contributed by atoms with E-state index in [9.17, 15) is 9.59 Å². The number of rotatable bonds is 9. The average Bonchev–Trinajstić information content (AvgIpc) is 2.77. The molecule has 2 aromatic carbocycles. The smallest absolute Gasteiger partial charge is 0.269 e. The number of nitrogens with one attached hydrogen (secondary N) is 3. The molecule has 0 radical (unpaired) electrons. The lowest BCUT2D eigenvalue weighted by Gasteiger charge is -2.12. The molecule has 0 saturated heterocycles. The van der Waals surface area contributed by atoms with E-state index in [1.54, 1.807) is 49.6 Å². The first-order valence-corrected chi connectivity index (χ1v) is 11.4. The Hall–Kier alpha value is -2.40. The monoisotopic (exact) mass is 555 g/mol. The van der Waals surface area contributed by atoms with Gasteiger partial charge in [-0.25, -0.2) is 0 Å². The fourth-order valence-electron chi connectivity index (χ4n) is 2.62. The third-order valence-electron chi connectivity index (χ3n) is 4.31. The van der Waals surface area contributed by atoms with E-state index in [0.29, 0.717) is 23.5 Å². The van der Waals surface area contributed by atoms with Crippen molar-refractivity contribution in [3.05, 3.63) is 57.2 Å². The number of hydrazine groups is 1. The lowest BCUT2D eigenvalue weighted by atomic mass is 10.2. The van der Waals surface area contributed by atoms with E-state index < -0.39 is 5.91 Å². The Morgan fingerprint density at radius 3 is 2.32 bits per heavy atom. The van der Waals surface area contributed by atoms with Crippen LogP contribution in [0.2, 0.25) is 0 Å². The molecular weight excluding hydrogens is 529 g/mol. The minimum Gasteiger partial charge on any atom is -0.496 e. The molecule has 2 rings (SSSR count). The van der Waals surface area contributed by atoms with Crippen molar-refractivity contribution < 1.29 is 19.1 Å². The van der Waals surface area contributed by atoms with Crippen molar-refractivity contribution in [3.8, 4) is 11.5 Å². The molecule has 0 heterocycles. The standard InChI is InChI=1S/C22H26IN3O4S/c1-3-4-5-6-13-30-17-10-7-15(8-11-17)20(27)24-22(31)26-25-21(28)16-9-12-19(29-2)18(23)14-16/h7-12,14H,3-6,13H2,1-2H3,(H,25,28)(H2,24,26,27,31). The highest BCUT2D eigenvalue weighted by Crippen LogP contribution is 2.21. The molecule has 0 aromatic heterocycles. The number of carbonyl (C=O) groups excluding carboxylic acids is 2. The van der Waals surface area contributed by atoms with Gasteiger partial charge in [0.25, 0.3) is 11.8 Å². The summed E-state index contributed by atoms with van der Waals surface area (Å²) in [4.78, 5) is 24.6. The lowest BCUT2D eigenvalue weighted by molar-refractivity contribution is 0.0934. The van der Waals surface area contributed by atoms with Crippen LogP contribution in [-0.4, -0.2) is 30.6 Å². The first-order valence-electron chi connectivity index (χ1n) is 9.92. The molecular formula is C22H26IN3O4S. The number of benzene rings is 2. The second-order valence-corrected chi connectivity index (χ2v) is 8.22. The van der Waals surface area contributed by atoms with Gasteiger partial charge in [-0.1, -0.05) is 26.2 Å². The summed E-state index contributed by atoms with van der Waals surface area (Å²) < 4.78 is 11.6. The van der Waals surface area contributed by atoms with Crippen molar-refractivity contribution in [2.45, 2.75) is 32.6 Å². The summed E-state index contributed by atoms with van der Waals surface area (Å²) in [6, 6.07) is 11.8. The summed E-state index contributed by atoms with van der Waals surface area (Å²) in [6.07, 6.45) is 4.55. The molecule has 166 valence electrons. The maximum atomic E-state index is 12.3. The van der Waals surface area contributed by atoms with Gasteiger partial charge in [0, 0.05) is 11.1 Å². The predicted octanol–water partition coefficient (Wildman–Crippen LogP) is 4.21. The van der Waals surface area contributed by atoms with Crippen LogP contribution in [0.15, 0.2) is 42.5 Å². The van der Waals surface area contributed by atoms with Gasteiger partial charge in [-0.15, -0.1) is 0 Å². The number of methoxy groups -OCH3 is 1. The Balaban J connectivity index is 1.78. The molecule has 3 N–H and O–H groups in total. The van der Waals surface area contributed by atoms with Crippen LogP contribution >= 0.6 is 34.8 Å². The number of amides is 2. The molecule has 7 nitrogen and oxygen atoms in total. The molecule has 0 fully saturated rings. The Morgan fingerprint density at radius 1 is 0.968 bits per heavy atom. The molecule has 9 heteroatoms. The average molecular weight is 555 g/mol. The quantitative estimate of drug-likeness (QED) is 0.186. The van der Waals surface area contributed by atoms with Gasteiger partial charge in [0.1, 0.15) is 11.5 Å². The first kappa shape index (κ1) is 24.9. The van der Waals surface area contributed by atoms with Crippen LogP contribution < -0.4 is 25.6 Å². The Kier molecular flexibility index (Phi) is 10.5. The largest absolute Gasteiger partial charge is 0.496 e. The highest BCUT2D eigenvalue weighted by atomic mass is 127. The molecule has 0 unspecified atom stereocenters. The number of thiocarbonyl (C=S) groups is 1. The van der Waals surface area contributed by atoms with Crippen molar-refractivity contribution in [3.63, 3.8) is 0 Å². The first-order chi connectivity index (χ1) is 14.9. The second kappa shape index (κ2) is 13.1. The van der Waals surface area contributed by atoms with E-state index in [4.69, 9.17) is 21.7 Å². The van der Waals surface area contributed by atoms with E-state index >= 15 is 0 Å². The Bertz CT molecular complexity index is 906. The zero-order chi connectivity index (χ0) is 22.6. The van der Waals surface area contributed by atoms with Gasteiger partial charge < -0.3 is 9.47 Å². The molecule has 2 amide bonds. The van der Waals surface area contributed by atoms with Gasteiger partial charge in [0.05, 0.1) is 17.3 Å². The number of hydrogen-bond donors (Lipinski definition) is 3. The summed E-state index contributed by atoms with van der Waals surface area (Å²) in [5.41, 5.74) is 5.84. The summed E-state index contributed by atoms with van der Waals surface area (Å²) in [5, 5.41) is 2.51. The van der Waals surface area contributed by atoms with Crippen LogP contribution in [0.25, 0.3) is 0 Å². The minimum absolute atomic E-state index is 0.0159. The van der Waals surface area contributed by atoms with Crippen molar-refractivity contribution in [1.29, 1.82) is 0 Å². The summed E-state index contributed by atoms with van der Waals surface area (Å²) >= 11 is 7.16. The molecule has 0 spiro atoms. The minimum atomic E-state index is -0.391.